The molecule has 4 aromatic carbocycles. The van der Waals surface area contributed by atoms with E-state index in [4.69, 9.17) is 20.6 Å². The highest BCUT2D eigenvalue weighted by molar-refractivity contribution is 5.92. The Balaban J connectivity index is 1.29. The number of anilines is 1. The first-order chi connectivity index (χ1) is 28.4. The smallest absolute Gasteiger partial charge is 0.118 e. The zero-order valence-corrected chi connectivity index (χ0v) is 35.6. The molecule has 0 radical (unpaired) electrons. The van der Waals surface area contributed by atoms with Crippen molar-refractivity contribution in [1.82, 2.24) is 19.6 Å². The van der Waals surface area contributed by atoms with E-state index in [1.54, 1.807) is 0 Å². The SMILES string of the molecule is CCCCCCC1=CC2N=NN(c3c(C)c(-n4nnc5cc(CCCCCC)ccc54)c(C)c(-n4c(-c5ccc(CCCC)cc5)cc5ccccc54)c3C)C2C=C1. The number of para-hydroxylation sites is 1. The quantitative estimate of drug-likeness (QED) is 0.0868. The summed E-state index contributed by atoms with van der Waals surface area (Å²) < 4.78 is 4.56. The van der Waals surface area contributed by atoms with Crippen LogP contribution in [0.5, 0.6) is 0 Å². The van der Waals surface area contributed by atoms with Crippen LogP contribution < -0.4 is 5.01 Å². The van der Waals surface area contributed by atoms with Crippen molar-refractivity contribution >= 4 is 27.6 Å². The molecular weight excluding hydrogens is 711 g/mol. The average Bonchev–Trinajstić information content (AvgIpc) is 3.96. The van der Waals surface area contributed by atoms with Gasteiger partial charge in [0.05, 0.1) is 33.8 Å². The van der Waals surface area contributed by atoms with Crippen LogP contribution in [-0.4, -0.2) is 31.6 Å². The summed E-state index contributed by atoms with van der Waals surface area (Å²) in [5.41, 5.74) is 16.3. The van der Waals surface area contributed by atoms with Gasteiger partial charge in [-0.15, -0.1) is 5.10 Å². The van der Waals surface area contributed by atoms with Crippen molar-refractivity contribution in [1.29, 1.82) is 0 Å². The summed E-state index contributed by atoms with van der Waals surface area (Å²) in [6.45, 7) is 13.6. The Morgan fingerprint density at radius 2 is 1.31 bits per heavy atom. The first kappa shape index (κ1) is 39.5. The van der Waals surface area contributed by atoms with Crippen molar-refractivity contribution in [3.05, 3.63) is 124 Å². The summed E-state index contributed by atoms with van der Waals surface area (Å²) in [6, 6.07) is 27.1. The molecule has 0 fully saturated rings. The zero-order chi connectivity index (χ0) is 40.2. The van der Waals surface area contributed by atoms with Gasteiger partial charge in [-0.2, -0.15) is 5.11 Å². The molecule has 1 aliphatic heterocycles. The highest BCUT2D eigenvalue weighted by Crippen LogP contribution is 2.45. The fourth-order valence-corrected chi connectivity index (χ4v) is 9.38. The summed E-state index contributed by atoms with van der Waals surface area (Å²) >= 11 is 0. The van der Waals surface area contributed by atoms with E-state index in [-0.39, 0.29) is 12.1 Å². The number of hydrogen-bond acceptors (Lipinski definition) is 5. The molecule has 7 nitrogen and oxygen atoms in total. The molecule has 300 valence electrons. The zero-order valence-electron chi connectivity index (χ0n) is 35.6. The maximum Gasteiger partial charge on any atom is 0.118 e. The van der Waals surface area contributed by atoms with E-state index in [9.17, 15) is 0 Å². The molecule has 2 aromatic heterocycles. The van der Waals surface area contributed by atoms with E-state index < -0.39 is 0 Å². The lowest BCUT2D eigenvalue weighted by Gasteiger charge is -2.31. The van der Waals surface area contributed by atoms with E-state index in [2.05, 4.69) is 147 Å². The third kappa shape index (κ3) is 7.68. The van der Waals surface area contributed by atoms with Crippen molar-refractivity contribution in [2.45, 2.75) is 137 Å². The number of hydrogen-bond donors (Lipinski definition) is 0. The van der Waals surface area contributed by atoms with Gasteiger partial charge in [-0.1, -0.05) is 143 Å². The van der Waals surface area contributed by atoms with Gasteiger partial charge in [0.1, 0.15) is 17.6 Å². The normalized spacial score (nSPS) is 16.2. The fraction of sp³-hybridized carbons (Fsp3) is 0.412. The van der Waals surface area contributed by atoms with Crippen molar-refractivity contribution in [3.63, 3.8) is 0 Å². The van der Waals surface area contributed by atoms with Crippen molar-refractivity contribution in [3.8, 4) is 22.6 Å². The van der Waals surface area contributed by atoms with Crippen LogP contribution in [0.15, 0.2) is 107 Å². The molecular formula is C51H61N7. The van der Waals surface area contributed by atoms with Gasteiger partial charge in [-0.05, 0) is 117 Å². The molecule has 2 unspecified atom stereocenters. The summed E-state index contributed by atoms with van der Waals surface area (Å²) in [5.74, 6) is 0. The third-order valence-corrected chi connectivity index (χ3v) is 12.5. The van der Waals surface area contributed by atoms with E-state index in [1.165, 1.54) is 109 Å². The lowest BCUT2D eigenvalue weighted by atomic mass is 9.93. The van der Waals surface area contributed by atoms with Gasteiger partial charge < -0.3 is 4.57 Å². The number of unbranched alkanes of at least 4 members (excludes halogenated alkanes) is 7. The molecule has 2 aliphatic rings. The molecule has 2 atom stereocenters. The Hall–Kier alpha value is -5.30. The molecule has 0 saturated carbocycles. The van der Waals surface area contributed by atoms with Gasteiger partial charge in [0.2, 0.25) is 0 Å². The number of rotatable bonds is 17. The number of benzene rings is 4. The maximum absolute atomic E-state index is 4.99. The number of aryl methyl sites for hydroxylation is 2. The van der Waals surface area contributed by atoms with Gasteiger partial charge >= 0.3 is 0 Å². The van der Waals surface area contributed by atoms with E-state index in [0.717, 1.165) is 58.5 Å². The predicted octanol–water partition coefficient (Wildman–Crippen LogP) is 13.8. The highest BCUT2D eigenvalue weighted by Gasteiger charge is 2.36. The van der Waals surface area contributed by atoms with Crippen molar-refractivity contribution in [2.24, 2.45) is 10.3 Å². The lowest BCUT2D eigenvalue weighted by Crippen LogP contribution is -2.35. The Morgan fingerprint density at radius 3 is 2.09 bits per heavy atom. The molecule has 0 N–H and O–H groups in total. The Labute approximate surface area is 345 Å². The first-order valence-electron chi connectivity index (χ1n) is 22.2. The topological polar surface area (TPSA) is 63.6 Å². The molecule has 3 heterocycles. The van der Waals surface area contributed by atoms with Crippen LogP contribution >= 0.6 is 0 Å². The average molecular weight is 772 g/mol. The Morgan fingerprint density at radius 1 is 0.621 bits per heavy atom. The van der Waals surface area contributed by atoms with Gasteiger partial charge in [-0.3, -0.25) is 0 Å². The summed E-state index contributed by atoms with van der Waals surface area (Å²) in [5, 5.41) is 23.0. The third-order valence-electron chi connectivity index (χ3n) is 12.5. The largest absolute Gasteiger partial charge is 0.309 e. The molecule has 0 bridgehead atoms. The van der Waals surface area contributed by atoms with Gasteiger partial charge in [0.25, 0.3) is 0 Å². The second-order valence-corrected chi connectivity index (χ2v) is 16.7. The van der Waals surface area contributed by atoms with Gasteiger partial charge in [0.15, 0.2) is 0 Å². The van der Waals surface area contributed by atoms with E-state index >= 15 is 0 Å². The minimum Gasteiger partial charge on any atom is -0.309 e. The minimum atomic E-state index is -0.0182. The lowest BCUT2D eigenvalue weighted by molar-refractivity contribution is 0.658. The summed E-state index contributed by atoms with van der Waals surface area (Å²) in [4.78, 5) is 0. The fourth-order valence-electron chi connectivity index (χ4n) is 9.38. The van der Waals surface area contributed by atoms with E-state index in [0.29, 0.717) is 0 Å². The number of nitrogens with zero attached hydrogens (tertiary/aromatic N) is 7. The van der Waals surface area contributed by atoms with Crippen molar-refractivity contribution in [2.75, 3.05) is 5.01 Å². The Bertz CT molecular complexity index is 2480. The molecule has 1 aliphatic carbocycles. The monoisotopic (exact) mass is 771 g/mol. The van der Waals surface area contributed by atoms with Crippen LogP contribution in [0, 0.1) is 20.8 Å². The number of allylic oxidation sites excluding steroid dienone is 2. The Kier molecular flexibility index (Phi) is 12.0. The molecule has 8 rings (SSSR count). The predicted molar refractivity (Wildman–Crippen MR) is 243 cm³/mol. The first-order valence-corrected chi connectivity index (χ1v) is 22.2. The van der Waals surface area contributed by atoms with Crippen LogP contribution in [0.1, 0.15) is 119 Å². The van der Waals surface area contributed by atoms with Crippen LogP contribution in [-0.2, 0) is 12.8 Å². The second kappa shape index (κ2) is 17.7. The second-order valence-electron chi connectivity index (χ2n) is 16.7. The van der Waals surface area contributed by atoms with Crippen LogP contribution in [0.25, 0.3) is 44.6 Å². The number of fused-ring (bicyclic) bond motifs is 3. The molecule has 0 saturated heterocycles. The molecule has 7 heteroatoms. The van der Waals surface area contributed by atoms with Crippen molar-refractivity contribution < 1.29 is 0 Å². The summed E-state index contributed by atoms with van der Waals surface area (Å²) in [6.07, 6.45) is 22.7. The molecule has 58 heavy (non-hydrogen) atoms. The van der Waals surface area contributed by atoms with Gasteiger partial charge in [0, 0.05) is 10.9 Å². The van der Waals surface area contributed by atoms with Crippen LogP contribution in [0.4, 0.5) is 5.69 Å². The maximum atomic E-state index is 4.99. The number of aromatic nitrogens is 4. The van der Waals surface area contributed by atoms with Crippen LogP contribution in [0.3, 0.4) is 0 Å². The standard InChI is InChI=1S/C51H61N7/c1-7-10-13-15-20-39-26-30-46-43(32-39)52-54-57(46)50-35(4)49(56-45-23-18-17-22-42(45)34-48(56)41-28-24-38(25-29-41)19-12-9-3)36(5)51(37(50)6)58-47-31-27-40(21-16-14-11-8-2)33-44(47)53-55-58/h17-18,22-34,43,46H,7-16,19-21H2,1-6H3. The summed E-state index contributed by atoms with van der Waals surface area (Å²) in [7, 11) is 0. The van der Waals surface area contributed by atoms with Gasteiger partial charge in [-0.25, -0.2) is 9.69 Å². The minimum absolute atomic E-state index is 0.000466. The van der Waals surface area contributed by atoms with Crippen LogP contribution in [0.2, 0.25) is 0 Å². The molecule has 0 spiro atoms. The highest BCUT2D eigenvalue weighted by atomic mass is 15.6. The van der Waals surface area contributed by atoms with E-state index in [1.807, 2.05) is 0 Å². The molecule has 0 amide bonds. The molecule has 6 aromatic rings.